The Morgan fingerprint density at radius 1 is 0.538 bits per heavy atom. The van der Waals surface area contributed by atoms with Crippen molar-refractivity contribution in [2.24, 2.45) is 0 Å². The molecule has 26 heavy (non-hydrogen) atoms. The molecular weight excluding hydrogens is 316 g/mol. The Kier molecular flexibility index (Phi) is 3.32. The van der Waals surface area contributed by atoms with Gasteiger partial charge >= 0.3 is 0 Å². The van der Waals surface area contributed by atoms with Gasteiger partial charge in [0.05, 0.1) is 0 Å². The highest BCUT2D eigenvalue weighted by molar-refractivity contribution is 6.13. The zero-order valence-electron chi connectivity index (χ0n) is 14.1. The normalized spacial score (nSPS) is 11.2. The number of rotatable bonds is 2. The van der Waals surface area contributed by atoms with E-state index in [9.17, 15) is 4.79 Å². The maximum absolute atomic E-state index is 11.0. The third kappa shape index (κ3) is 2.29. The average molecular weight is 332 g/mol. The second-order valence-corrected chi connectivity index (χ2v) is 6.63. The number of benzene rings is 5. The Morgan fingerprint density at radius 2 is 1.15 bits per heavy atom. The van der Waals surface area contributed by atoms with E-state index < -0.39 is 0 Å². The molecule has 0 aliphatic rings. The molecule has 0 fully saturated rings. The Morgan fingerprint density at radius 3 is 1.85 bits per heavy atom. The Labute approximate surface area is 151 Å². The third-order valence-electron chi connectivity index (χ3n) is 5.06. The number of fused-ring (bicyclic) bond motifs is 3. The molecule has 122 valence electrons. The van der Waals surface area contributed by atoms with Gasteiger partial charge in [-0.2, -0.15) is 0 Å². The molecule has 0 saturated heterocycles. The van der Waals surface area contributed by atoms with E-state index in [0.29, 0.717) is 5.56 Å². The first-order valence-corrected chi connectivity index (χ1v) is 8.73. The fraction of sp³-hybridized carbons (Fsp3) is 0. The molecule has 5 aromatic carbocycles. The van der Waals surface area contributed by atoms with Crippen molar-refractivity contribution in [1.29, 1.82) is 0 Å². The third-order valence-corrected chi connectivity index (χ3v) is 5.06. The molecule has 0 bridgehead atoms. The van der Waals surface area contributed by atoms with Crippen molar-refractivity contribution >= 4 is 38.6 Å². The molecule has 0 aliphatic heterocycles. The highest BCUT2D eigenvalue weighted by Crippen LogP contribution is 2.37. The van der Waals surface area contributed by atoms with E-state index in [4.69, 9.17) is 0 Å². The fourth-order valence-electron chi connectivity index (χ4n) is 3.82. The molecule has 0 amide bonds. The van der Waals surface area contributed by atoms with Gasteiger partial charge in [-0.15, -0.1) is 0 Å². The molecule has 5 aromatic rings. The molecule has 0 spiro atoms. The van der Waals surface area contributed by atoms with Gasteiger partial charge < -0.3 is 0 Å². The first-order chi connectivity index (χ1) is 12.8. The smallest absolute Gasteiger partial charge is 0.150 e. The summed E-state index contributed by atoms with van der Waals surface area (Å²) >= 11 is 0. The van der Waals surface area contributed by atoms with E-state index in [0.717, 1.165) is 17.1 Å². The molecule has 0 aliphatic carbocycles. The number of carbonyl (C=O) groups is 1. The maximum atomic E-state index is 11.0. The fourth-order valence-corrected chi connectivity index (χ4v) is 3.82. The Hall–Kier alpha value is -3.45. The van der Waals surface area contributed by atoms with Crippen molar-refractivity contribution in [2.75, 3.05) is 0 Å². The summed E-state index contributed by atoms with van der Waals surface area (Å²) in [6, 6.07) is 31.7. The van der Waals surface area contributed by atoms with Crippen LogP contribution >= 0.6 is 0 Å². The van der Waals surface area contributed by atoms with Gasteiger partial charge in [-0.05, 0) is 61.6 Å². The SMILES string of the molecule is O=Cc1ccc2cc(-c3c4ccccc4cc4ccccc34)ccc2c1. The standard InChI is InChI=1S/C25H16O/c26-16-17-9-10-19-14-22(12-11-18(19)13-17)25-23-7-3-1-5-20(23)15-21-6-2-4-8-24(21)25/h1-16H. The van der Waals surface area contributed by atoms with E-state index in [-0.39, 0.29) is 0 Å². The van der Waals surface area contributed by atoms with Crippen molar-refractivity contribution in [3.63, 3.8) is 0 Å². The minimum atomic E-state index is 0.709. The van der Waals surface area contributed by atoms with E-state index >= 15 is 0 Å². The highest BCUT2D eigenvalue weighted by Gasteiger charge is 2.10. The second kappa shape index (κ2) is 5.82. The highest BCUT2D eigenvalue weighted by atomic mass is 16.1. The summed E-state index contributed by atoms with van der Waals surface area (Å²) in [5.74, 6) is 0. The van der Waals surface area contributed by atoms with E-state index in [1.165, 1.54) is 32.7 Å². The van der Waals surface area contributed by atoms with E-state index in [1.807, 2.05) is 18.2 Å². The minimum Gasteiger partial charge on any atom is -0.298 e. The first-order valence-electron chi connectivity index (χ1n) is 8.73. The lowest BCUT2D eigenvalue weighted by Crippen LogP contribution is -1.86. The van der Waals surface area contributed by atoms with Crippen LogP contribution in [0.5, 0.6) is 0 Å². The molecule has 0 radical (unpaired) electrons. The summed E-state index contributed by atoms with van der Waals surface area (Å²) in [6.45, 7) is 0. The minimum absolute atomic E-state index is 0.709. The van der Waals surface area contributed by atoms with Crippen LogP contribution in [0.2, 0.25) is 0 Å². The number of carbonyl (C=O) groups excluding carboxylic acids is 1. The van der Waals surface area contributed by atoms with Gasteiger partial charge in [-0.1, -0.05) is 72.8 Å². The lowest BCUT2D eigenvalue weighted by molar-refractivity contribution is 0.112. The van der Waals surface area contributed by atoms with E-state index in [2.05, 4.69) is 72.8 Å². The van der Waals surface area contributed by atoms with Crippen LogP contribution in [0.1, 0.15) is 10.4 Å². The quantitative estimate of drug-likeness (QED) is 0.262. The molecule has 0 saturated carbocycles. The van der Waals surface area contributed by atoms with Crippen molar-refractivity contribution in [2.45, 2.75) is 0 Å². The first kappa shape index (κ1) is 14.9. The molecule has 0 N–H and O–H groups in total. The maximum Gasteiger partial charge on any atom is 0.150 e. The van der Waals surface area contributed by atoms with Gasteiger partial charge in [-0.25, -0.2) is 0 Å². The number of hydrogen-bond acceptors (Lipinski definition) is 1. The Bertz CT molecular complexity index is 1240. The largest absolute Gasteiger partial charge is 0.298 e. The second-order valence-electron chi connectivity index (χ2n) is 6.63. The molecule has 0 atom stereocenters. The van der Waals surface area contributed by atoms with Crippen molar-refractivity contribution in [3.05, 3.63) is 96.6 Å². The van der Waals surface area contributed by atoms with Crippen LogP contribution in [0, 0.1) is 0 Å². The van der Waals surface area contributed by atoms with Gasteiger partial charge in [0.1, 0.15) is 6.29 Å². The lowest BCUT2D eigenvalue weighted by atomic mass is 9.91. The van der Waals surface area contributed by atoms with Gasteiger partial charge in [0.15, 0.2) is 0 Å². The summed E-state index contributed by atoms with van der Waals surface area (Å²) in [5, 5.41) is 7.24. The topological polar surface area (TPSA) is 17.1 Å². The summed E-state index contributed by atoms with van der Waals surface area (Å²) in [7, 11) is 0. The van der Waals surface area contributed by atoms with Crippen LogP contribution in [-0.4, -0.2) is 6.29 Å². The molecule has 1 heteroatoms. The summed E-state index contributed by atoms with van der Waals surface area (Å²) in [6.07, 6.45) is 0.894. The molecule has 5 rings (SSSR count). The number of aldehydes is 1. The Balaban J connectivity index is 1.87. The van der Waals surface area contributed by atoms with Crippen molar-refractivity contribution < 1.29 is 4.79 Å². The van der Waals surface area contributed by atoms with Crippen LogP contribution in [0.15, 0.2) is 91.0 Å². The summed E-state index contributed by atoms with van der Waals surface area (Å²) in [5.41, 5.74) is 3.17. The molecule has 0 aromatic heterocycles. The monoisotopic (exact) mass is 332 g/mol. The molecule has 0 unspecified atom stereocenters. The zero-order valence-corrected chi connectivity index (χ0v) is 14.1. The molecule has 0 heterocycles. The van der Waals surface area contributed by atoms with Crippen LogP contribution < -0.4 is 0 Å². The van der Waals surface area contributed by atoms with Crippen LogP contribution in [0.4, 0.5) is 0 Å². The van der Waals surface area contributed by atoms with E-state index in [1.54, 1.807) is 0 Å². The van der Waals surface area contributed by atoms with Crippen molar-refractivity contribution in [3.8, 4) is 11.1 Å². The predicted octanol–water partition coefficient (Wildman–Crippen LogP) is 6.63. The van der Waals surface area contributed by atoms with Crippen LogP contribution in [0.3, 0.4) is 0 Å². The average Bonchev–Trinajstić information content (AvgIpc) is 2.71. The lowest BCUT2D eigenvalue weighted by Gasteiger charge is -2.13. The summed E-state index contributed by atoms with van der Waals surface area (Å²) in [4.78, 5) is 11.0. The van der Waals surface area contributed by atoms with Crippen LogP contribution in [0.25, 0.3) is 43.4 Å². The summed E-state index contributed by atoms with van der Waals surface area (Å²) < 4.78 is 0. The van der Waals surface area contributed by atoms with Gasteiger partial charge in [0.25, 0.3) is 0 Å². The predicted molar refractivity (Wildman–Crippen MR) is 110 cm³/mol. The van der Waals surface area contributed by atoms with Crippen LogP contribution in [-0.2, 0) is 0 Å². The van der Waals surface area contributed by atoms with Gasteiger partial charge in [0, 0.05) is 5.56 Å². The molecule has 1 nitrogen and oxygen atoms in total. The van der Waals surface area contributed by atoms with Gasteiger partial charge in [-0.3, -0.25) is 4.79 Å². The zero-order chi connectivity index (χ0) is 17.5. The van der Waals surface area contributed by atoms with Gasteiger partial charge in [0.2, 0.25) is 0 Å². The van der Waals surface area contributed by atoms with Crippen molar-refractivity contribution in [1.82, 2.24) is 0 Å². The molecular formula is C25H16O. The number of hydrogen-bond donors (Lipinski definition) is 0.